The van der Waals surface area contributed by atoms with Crippen LogP contribution in [0.1, 0.15) is 277 Å². The Labute approximate surface area is 487 Å². The van der Waals surface area contributed by atoms with Gasteiger partial charge >= 0.3 is 19.8 Å². The van der Waals surface area contributed by atoms with Gasteiger partial charge in [-0.1, -0.05) is 265 Å². The first-order chi connectivity index (χ1) is 38.5. The fraction of sp³-hybridized carbons (Fsp3) is 0.739. The predicted molar refractivity (Wildman–Crippen MR) is 339 cm³/mol. The lowest BCUT2D eigenvalue weighted by molar-refractivity contribution is -0.870. The molecule has 0 aromatic carbocycles. The van der Waals surface area contributed by atoms with E-state index in [9.17, 15) is 19.0 Å². The van der Waals surface area contributed by atoms with Crippen molar-refractivity contribution in [2.75, 3.05) is 47.5 Å². The zero-order valence-corrected chi connectivity index (χ0v) is 52.7. The van der Waals surface area contributed by atoms with Gasteiger partial charge in [0, 0.05) is 12.8 Å². The van der Waals surface area contributed by atoms with E-state index in [1.165, 1.54) is 154 Å². The number of phosphoric ester groups is 1. The van der Waals surface area contributed by atoms with Gasteiger partial charge in [-0.25, -0.2) is 4.57 Å². The molecule has 456 valence electrons. The first-order valence-electron chi connectivity index (χ1n) is 32.5. The Kier molecular flexibility index (Phi) is 57.2. The number of ether oxygens (including phenoxy) is 2. The zero-order valence-electron chi connectivity index (χ0n) is 51.8. The van der Waals surface area contributed by atoms with Crippen LogP contribution in [0.25, 0.3) is 0 Å². The average Bonchev–Trinajstić information content (AvgIpc) is 3.41. The van der Waals surface area contributed by atoms with E-state index < -0.39 is 26.5 Å². The van der Waals surface area contributed by atoms with E-state index in [4.69, 9.17) is 18.5 Å². The molecule has 0 aliphatic heterocycles. The summed E-state index contributed by atoms with van der Waals surface area (Å²) in [7, 11) is 1.47. The van der Waals surface area contributed by atoms with E-state index in [0.29, 0.717) is 17.4 Å². The van der Waals surface area contributed by atoms with Crippen LogP contribution in [0.3, 0.4) is 0 Å². The Bertz CT molecular complexity index is 1650. The standard InChI is InChI=1S/C69H122NO8P/c1-6-8-10-12-14-16-18-20-22-24-26-27-28-29-30-31-32-33-34-35-36-37-38-39-40-41-42-43-44-46-48-50-52-54-56-58-60-62-69(72)78-67(66-77-79(73,74)76-64-63-70(3,4)5)65-75-68(71)61-59-57-55-53-51-49-47-45-25-23-21-19-17-15-13-11-9-7-2/h8,10,14,16-17,19-20,22-23,25-27,29-30,32-33,67H,6-7,9,11-13,15,18,21,24,28,31,34-66H2,1-5H3/p+1/b10-8-,16-14-,19-17-,22-20-,25-23-,27-26-,30-29-,33-32-. The van der Waals surface area contributed by atoms with Gasteiger partial charge in [-0.15, -0.1) is 0 Å². The molecular weight excluding hydrogens is 1000 g/mol. The van der Waals surface area contributed by atoms with Gasteiger partial charge < -0.3 is 18.9 Å². The van der Waals surface area contributed by atoms with Gasteiger partial charge in [0.15, 0.2) is 6.10 Å². The van der Waals surface area contributed by atoms with E-state index in [2.05, 4.69) is 111 Å². The van der Waals surface area contributed by atoms with Crippen molar-refractivity contribution >= 4 is 19.8 Å². The number of phosphoric acid groups is 1. The number of hydrogen-bond acceptors (Lipinski definition) is 7. The summed E-state index contributed by atoms with van der Waals surface area (Å²) in [6.45, 7) is 4.31. The summed E-state index contributed by atoms with van der Waals surface area (Å²) in [5.41, 5.74) is 0. The third kappa shape index (κ3) is 64.0. The fourth-order valence-electron chi connectivity index (χ4n) is 8.87. The summed E-state index contributed by atoms with van der Waals surface area (Å²) in [5.74, 6) is -0.801. The number of carbonyl (C=O) groups excluding carboxylic acids is 2. The van der Waals surface area contributed by atoms with Crippen molar-refractivity contribution in [3.05, 3.63) is 97.2 Å². The van der Waals surface area contributed by atoms with Crippen LogP contribution in [-0.2, 0) is 32.7 Å². The second kappa shape index (κ2) is 59.5. The third-order valence-corrected chi connectivity index (χ3v) is 14.8. The van der Waals surface area contributed by atoms with Crippen LogP contribution in [0, 0.1) is 0 Å². The van der Waals surface area contributed by atoms with Crippen LogP contribution in [0.2, 0.25) is 0 Å². The van der Waals surface area contributed by atoms with Gasteiger partial charge in [0.2, 0.25) is 0 Å². The molecule has 0 bridgehead atoms. The topological polar surface area (TPSA) is 108 Å². The van der Waals surface area contributed by atoms with Crippen molar-refractivity contribution in [1.29, 1.82) is 0 Å². The second-order valence-electron chi connectivity index (χ2n) is 22.8. The SMILES string of the molecule is CC/C=C\C/C=C\C/C=C\C/C=C\C/C=C\C/C=C\CCCCCCCCCCCCCCCCCCCCC(=O)OC(COC(=O)CCCCCCCCC/C=C\C/C=C\CCCCCC)COP(=O)(O)OCC[N+](C)(C)C. The highest BCUT2D eigenvalue weighted by molar-refractivity contribution is 7.47. The van der Waals surface area contributed by atoms with Crippen LogP contribution in [0.5, 0.6) is 0 Å². The lowest BCUT2D eigenvalue weighted by Crippen LogP contribution is -2.37. The van der Waals surface area contributed by atoms with Crippen LogP contribution >= 0.6 is 7.82 Å². The number of unbranched alkanes of at least 4 members (excludes halogenated alkanes) is 29. The summed E-state index contributed by atoms with van der Waals surface area (Å²) >= 11 is 0. The number of likely N-dealkylation sites (N-methyl/N-ethyl adjacent to an activating group) is 1. The number of quaternary nitrogens is 1. The van der Waals surface area contributed by atoms with Gasteiger partial charge in [-0.2, -0.15) is 0 Å². The third-order valence-electron chi connectivity index (χ3n) is 13.8. The number of rotatable bonds is 59. The van der Waals surface area contributed by atoms with Gasteiger partial charge in [0.25, 0.3) is 0 Å². The van der Waals surface area contributed by atoms with Gasteiger partial charge in [-0.3, -0.25) is 18.6 Å². The van der Waals surface area contributed by atoms with E-state index in [-0.39, 0.29) is 32.0 Å². The molecule has 10 heteroatoms. The monoisotopic (exact) mass is 1120 g/mol. The summed E-state index contributed by atoms with van der Waals surface area (Å²) in [4.78, 5) is 35.8. The highest BCUT2D eigenvalue weighted by Gasteiger charge is 2.27. The van der Waals surface area contributed by atoms with E-state index in [1.807, 2.05) is 21.1 Å². The molecule has 0 spiro atoms. The number of carbonyl (C=O) groups is 2. The minimum atomic E-state index is -4.39. The lowest BCUT2D eigenvalue weighted by atomic mass is 10.0. The van der Waals surface area contributed by atoms with Gasteiger partial charge in [-0.05, 0) is 96.3 Å². The minimum Gasteiger partial charge on any atom is -0.462 e. The Balaban J connectivity index is 4.02. The van der Waals surface area contributed by atoms with E-state index >= 15 is 0 Å². The van der Waals surface area contributed by atoms with Crippen LogP contribution in [0.4, 0.5) is 0 Å². The van der Waals surface area contributed by atoms with Crippen molar-refractivity contribution in [3.63, 3.8) is 0 Å². The molecule has 0 heterocycles. The molecule has 0 aliphatic carbocycles. The molecule has 0 rings (SSSR count). The molecule has 9 nitrogen and oxygen atoms in total. The van der Waals surface area contributed by atoms with Gasteiger partial charge in [0.1, 0.15) is 19.8 Å². The molecule has 2 atom stereocenters. The molecule has 0 saturated carbocycles. The number of esters is 2. The molecule has 79 heavy (non-hydrogen) atoms. The molecule has 0 saturated heterocycles. The van der Waals surface area contributed by atoms with Crippen LogP contribution in [-0.4, -0.2) is 74.9 Å². The van der Waals surface area contributed by atoms with E-state index in [1.54, 1.807) is 0 Å². The molecular formula is C69H123NO8P+. The lowest BCUT2D eigenvalue weighted by Gasteiger charge is -2.24. The first-order valence-corrected chi connectivity index (χ1v) is 34.0. The Morgan fingerprint density at radius 3 is 1.08 bits per heavy atom. The summed E-state index contributed by atoms with van der Waals surface area (Å²) < 4.78 is 34.6. The maximum absolute atomic E-state index is 12.8. The maximum Gasteiger partial charge on any atom is 0.472 e. The first kappa shape index (κ1) is 75.9. The molecule has 0 aromatic rings. The van der Waals surface area contributed by atoms with Crippen molar-refractivity contribution in [2.24, 2.45) is 0 Å². The Morgan fingerprint density at radius 1 is 0.405 bits per heavy atom. The number of nitrogens with zero attached hydrogens (tertiary/aromatic N) is 1. The summed E-state index contributed by atoms with van der Waals surface area (Å²) in [6, 6.07) is 0. The molecule has 0 amide bonds. The predicted octanol–water partition coefficient (Wildman–Crippen LogP) is 20.8. The highest BCUT2D eigenvalue weighted by atomic mass is 31.2. The second-order valence-corrected chi connectivity index (χ2v) is 24.2. The van der Waals surface area contributed by atoms with Crippen molar-refractivity contribution in [2.45, 2.75) is 283 Å². The number of allylic oxidation sites excluding steroid dienone is 16. The molecule has 0 aliphatic rings. The molecule has 0 aromatic heterocycles. The maximum atomic E-state index is 12.8. The zero-order chi connectivity index (χ0) is 57.7. The Hall–Kier alpha value is -3.07. The van der Waals surface area contributed by atoms with Crippen LogP contribution < -0.4 is 0 Å². The minimum absolute atomic E-state index is 0.0283. The average molecular weight is 1130 g/mol. The molecule has 0 radical (unpaired) electrons. The van der Waals surface area contributed by atoms with Crippen molar-refractivity contribution in [1.82, 2.24) is 0 Å². The van der Waals surface area contributed by atoms with Crippen molar-refractivity contribution < 1.29 is 42.1 Å². The smallest absolute Gasteiger partial charge is 0.462 e. The quantitative estimate of drug-likeness (QED) is 0.0211. The summed E-state index contributed by atoms with van der Waals surface area (Å²) in [6.07, 6.45) is 82.1. The van der Waals surface area contributed by atoms with Gasteiger partial charge in [0.05, 0.1) is 27.7 Å². The molecule has 2 unspecified atom stereocenters. The van der Waals surface area contributed by atoms with Crippen molar-refractivity contribution in [3.8, 4) is 0 Å². The highest BCUT2D eigenvalue weighted by Crippen LogP contribution is 2.43. The largest absolute Gasteiger partial charge is 0.472 e. The molecule has 0 fully saturated rings. The Morgan fingerprint density at radius 2 is 0.722 bits per heavy atom. The van der Waals surface area contributed by atoms with E-state index in [0.717, 1.165) is 89.9 Å². The molecule has 1 N–H and O–H groups in total. The number of hydrogen-bond donors (Lipinski definition) is 1. The van der Waals surface area contributed by atoms with Crippen LogP contribution in [0.15, 0.2) is 97.2 Å². The summed E-state index contributed by atoms with van der Waals surface area (Å²) in [5, 5.41) is 0. The fourth-order valence-corrected chi connectivity index (χ4v) is 9.62. The normalized spacial score (nSPS) is 13.8.